The molecular formula is C25H21ClN4O2. The first-order valence-corrected chi connectivity index (χ1v) is 10.8. The molecule has 1 aliphatic heterocycles. The SMILES string of the molecule is O=C(c1ccc(=O)n(Cc2ccccc2Cl)c1)N1CC=C(c2c[nH]c3ncccc23)CC1. The third-order valence-electron chi connectivity index (χ3n) is 5.82. The zero-order valence-electron chi connectivity index (χ0n) is 17.3. The fourth-order valence-corrected chi connectivity index (χ4v) is 4.29. The molecule has 0 saturated carbocycles. The Morgan fingerprint density at radius 2 is 2.00 bits per heavy atom. The monoisotopic (exact) mass is 444 g/mol. The Kier molecular flexibility index (Phi) is 5.37. The highest BCUT2D eigenvalue weighted by Gasteiger charge is 2.21. The number of H-pyrrole nitrogens is 1. The number of aromatic amines is 1. The zero-order chi connectivity index (χ0) is 22.1. The van der Waals surface area contributed by atoms with E-state index < -0.39 is 0 Å². The van der Waals surface area contributed by atoms with E-state index in [1.807, 2.05) is 30.5 Å². The summed E-state index contributed by atoms with van der Waals surface area (Å²) >= 11 is 6.24. The highest BCUT2D eigenvalue weighted by Crippen LogP contribution is 2.28. The minimum Gasteiger partial charge on any atom is -0.346 e. The lowest BCUT2D eigenvalue weighted by Crippen LogP contribution is -2.35. The van der Waals surface area contributed by atoms with E-state index in [2.05, 4.69) is 22.1 Å². The van der Waals surface area contributed by atoms with Crippen molar-refractivity contribution in [2.45, 2.75) is 13.0 Å². The molecule has 5 rings (SSSR count). The van der Waals surface area contributed by atoms with Crippen LogP contribution in [0, 0.1) is 0 Å². The van der Waals surface area contributed by atoms with E-state index in [0.717, 1.165) is 28.6 Å². The number of aromatic nitrogens is 3. The van der Waals surface area contributed by atoms with Crippen LogP contribution in [-0.2, 0) is 6.54 Å². The first-order valence-electron chi connectivity index (χ1n) is 10.4. The molecule has 160 valence electrons. The lowest BCUT2D eigenvalue weighted by Gasteiger charge is -2.26. The third kappa shape index (κ3) is 3.85. The van der Waals surface area contributed by atoms with E-state index in [1.165, 1.54) is 16.2 Å². The largest absolute Gasteiger partial charge is 0.346 e. The number of pyridine rings is 2. The topological polar surface area (TPSA) is 71.0 Å². The fourth-order valence-electron chi connectivity index (χ4n) is 4.09. The van der Waals surface area contributed by atoms with E-state index in [9.17, 15) is 9.59 Å². The van der Waals surface area contributed by atoms with Crippen LogP contribution in [0.4, 0.5) is 0 Å². The van der Waals surface area contributed by atoms with E-state index in [0.29, 0.717) is 30.2 Å². The van der Waals surface area contributed by atoms with Gasteiger partial charge < -0.3 is 14.5 Å². The molecule has 0 atom stereocenters. The molecule has 0 bridgehead atoms. The molecule has 7 heteroatoms. The van der Waals surface area contributed by atoms with Crippen molar-refractivity contribution in [3.63, 3.8) is 0 Å². The smallest absolute Gasteiger partial charge is 0.255 e. The van der Waals surface area contributed by atoms with Gasteiger partial charge in [0.15, 0.2) is 0 Å². The van der Waals surface area contributed by atoms with Gasteiger partial charge >= 0.3 is 0 Å². The number of hydrogen-bond donors (Lipinski definition) is 1. The number of halogens is 1. The van der Waals surface area contributed by atoms with Gasteiger partial charge in [0, 0.05) is 53.7 Å². The second-order valence-corrected chi connectivity index (χ2v) is 8.21. The van der Waals surface area contributed by atoms with E-state index in [-0.39, 0.29) is 11.5 Å². The fraction of sp³-hybridized carbons (Fsp3) is 0.160. The van der Waals surface area contributed by atoms with Gasteiger partial charge in [0.1, 0.15) is 5.65 Å². The minimum absolute atomic E-state index is 0.0891. The van der Waals surface area contributed by atoms with Gasteiger partial charge in [-0.25, -0.2) is 4.98 Å². The Hall–Kier alpha value is -3.64. The summed E-state index contributed by atoms with van der Waals surface area (Å²) in [5.74, 6) is -0.0891. The summed E-state index contributed by atoms with van der Waals surface area (Å²) in [5.41, 5.74) is 4.35. The minimum atomic E-state index is -0.171. The lowest BCUT2D eigenvalue weighted by molar-refractivity contribution is 0.0772. The van der Waals surface area contributed by atoms with Crippen molar-refractivity contribution in [2.75, 3.05) is 13.1 Å². The number of amides is 1. The van der Waals surface area contributed by atoms with Crippen LogP contribution in [0.1, 0.15) is 27.9 Å². The van der Waals surface area contributed by atoms with Gasteiger partial charge in [0.2, 0.25) is 0 Å². The second-order valence-electron chi connectivity index (χ2n) is 7.81. The molecule has 0 saturated heterocycles. The summed E-state index contributed by atoms with van der Waals surface area (Å²) in [7, 11) is 0. The predicted octanol–water partition coefficient (Wildman–Crippen LogP) is 4.36. The number of fused-ring (bicyclic) bond motifs is 1. The maximum absolute atomic E-state index is 13.1. The van der Waals surface area contributed by atoms with Crippen LogP contribution in [0.3, 0.4) is 0 Å². The summed E-state index contributed by atoms with van der Waals surface area (Å²) in [6.45, 7) is 1.45. The van der Waals surface area contributed by atoms with Gasteiger partial charge in [-0.15, -0.1) is 0 Å². The molecule has 0 unspecified atom stereocenters. The average Bonchev–Trinajstić information content (AvgIpc) is 3.26. The van der Waals surface area contributed by atoms with Gasteiger partial charge in [-0.05, 0) is 41.8 Å². The molecule has 4 heterocycles. The van der Waals surface area contributed by atoms with Crippen molar-refractivity contribution in [1.82, 2.24) is 19.4 Å². The molecule has 4 aromatic rings. The molecule has 0 radical (unpaired) electrons. The van der Waals surface area contributed by atoms with Crippen molar-refractivity contribution in [3.8, 4) is 0 Å². The Labute approximate surface area is 189 Å². The molecule has 6 nitrogen and oxygen atoms in total. The quantitative estimate of drug-likeness (QED) is 0.508. The molecule has 0 spiro atoms. The highest BCUT2D eigenvalue weighted by atomic mass is 35.5. The zero-order valence-corrected chi connectivity index (χ0v) is 18.0. The number of rotatable bonds is 4. The van der Waals surface area contributed by atoms with Crippen molar-refractivity contribution < 1.29 is 4.79 Å². The summed E-state index contributed by atoms with van der Waals surface area (Å²) in [6.07, 6.45) is 8.22. The average molecular weight is 445 g/mol. The lowest BCUT2D eigenvalue weighted by atomic mass is 9.99. The molecule has 1 aromatic carbocycles. The molecule has 0 aliphatic carbocycles. The Balaban J connectivity index is 1.35. The van der Waals surface area contributed by atoms with Crippen molar-refractivity contribution in [2.24, 2.45) is 0 Å². The standard InChI is InChI=1S/C25H21ClN4O2/c26-22-6-2-1-4-18(22)15-30-16-19(7-8-23(30)31)25(32)29-12-9-17(10-13-29)21-14-28-24-20(21)5-3-11-27-24/h1-9,11,14,16H,10,12-13,15H2,(H,27,28). The van der Waals surface area contributed by atoms with Crippen LogP contribution in [0.25, 0.3) is 16.6 Å². The molecule has 1 aliphatic rings. The number of nitrogens with one attached hydrogen (secondary N) is 1. The van der Waals surface area contributed by atoms with Crippen molar-refractivity contribution in [1.29, 1.82) is 0 Å². The highest BCUT2D eigenvalue weighted by molar-refractivity contribution is 6.31. The summed E-state index contributed by atoms with van der Waals surface area (Å²) < 4.78 is 1.53. The van der Waals surface area contributed by atoms with Crippen LogP contribution in [0.2, 0.25) is 5.02 Å². The number of carbonyl (C=O) groups excluding carboxylic acids is 1. The third-order valence-corrected chi connectivity index (χ3v) is 6.19. The maximum Gasteiger partial charge on any atom is 0.255 e. The number of hydrogen-bond acceptors (Lipinski definition) is 3. The maximum atomic E-state index is 13.1. The van der Waals surface area contributed by atoms with Gasteiger partial charge in [0.05, 0.1) is 12.1 Å². The molecule has 1 amide bonds. The Morgan fingerprint density at radius 1 is 1.12 bits per heavy atom. The van der Waals surface area contributed by atoms with Crippen molar-refractivity contribution >= 4 is 34.1 Å². The Bertz CT molecular complexity index is 1400. The number of carbonyl (C=O) groups is 1. The predicted molar refractivity (Wildman–Crippen MR) is 126 cm³/mol. The van der Waals surface area contributed by atoms with Crippen LogP contribution in [0.5, 0.6) is 0 Å². The number of nitrogens with zero attached hydrogens (tertiary/aromatic N) is 3. The Morgan fingerprint density at radius 3 is 2.81 bits per heavy atom. The van der Waals surface area contributed by atoms with Crippen molar-refractivity contribution in [3.05, 3.63) is 105 Å². The normalized spacial score (nSPS) is 13.9. The van der Waals surface area contributed by atoms with Crippen LogP contribution in [-0.4, -0.2) is 38.4 Å². The number of benzene rings is 1. The van der Waals surface area contributed by atoms with Gasteiger partial charge in [-0.2, -0.15) is 0 Å². The van der Waals surface area contributed by atoms with E-state index in [4.69, 9.17) is 11.6 Å². The second kappa shape index (κ2) is 8.48. The molecule has 0 fully saturated rings. The summed E-state index contributed by atoms with van der Waals surface area (Å²) in [6, 6.07) is 14.4. The van der Waals surface area contributed by atoms with Gasteiger partial charge in [-0.3, -0.25) is 9.59 Å². The summed E-state index contributed by atoms with van der Waals surface area (Å²) in [4.78, 5) is 34.8. The first-order chi connectivity index (χ1) is 15.6. The van der Waals surface area contributed by atoms with Gasteiger partial charge in [-0.1, -0.05) is 35.9 Å². The molecule has 3 aromatic heterocycles. The van der Waals surface area contributed by atoms with E-state index in [1.54, 1.807) is 29.4 Å². The van der Waals surface area contributed by atoms with Crippen LogP contribution < -0.4 is 5.56 Å². The van der Waals surface area contributed by atoms with E-state index >= 15 is 0 Å². The molecular weight excluding hydrogens is 424 g/mol. The first kappa shape index (κ1) is 20.3. The van der Waals surface area contributed by atoms with Crippen LogP contribution >= 0.6 is 11.6 Å². The molecule has 1 N–H and O–H groups in total. The summed E-state index contributed by atoms with van der Waals surface area (Å²) in [5, 5.41) is 1.68. The molecule has 32 heavy (non-hydrogen) atoms. The van der Waals surface area contributed by atoms with Crippen LogP contribution in [0.15, 0.2) is 78.0 Å². The van der Waals surface area contributed by atoms with Gasteiger partial charge in [0.25, 0.3) is 11.5 Å².